The third-order valence-electron chi connectivity index (χ3n) is 4.60. The maximum atomic E-state index is 12.5. The number of hydrogen-bond donors (Lipinski definition) is 0. The number of hydrogen-bond acceptors (Lipinski definition) is 6. The van der Waals surface area contributed by atoms with Crippen LogP contribution < -0.4 is 14.4 Å². The van der Waals surface area contributed by atoms with Crippen LogP contribution in [0, 0.1) is 0 Å². The van der Waals surface area contributed by atoms with Gasteiger partial charge in [0, 0.05) is 32.8 Å². The minimum Gasteiger partial charge on any atom is -0.497 e. The maximum absolute atomic E-state index is 12.5. The van der Waals surface area contributed by atoms with Crippen LogP contribution in [0.15, 0.2) is 42.5 Å². The Balaban J connectivity index is 1.55. The summed E-state index contributed by atoms with van der Waals surface area (Å²) in [4.78, 5) is 16.2. The van der Waals surface area contributed by atoms with Gasteiger partial charge in [0.1, 0.15) is 11.9 Å². The van der Waals surface area contributed by atoms with Crippen LogP contribution in [0.1, 0.15) is 18.4 Å². The first kappa shape index (κ1) is 19.7. The summed E-state index contributed by atoms with van der Waals surface area (Å²) in [6.45, 7) is 1.28. The summed E-state index contributed by atoms with van der Waals surface area (Å²) in [5.74, 6) is 2.04. The van der Waals surface area contributed by atoms with Gasteiger partial charge in [-0.2, -0.15) is 0 Å². The first-order valence-electron chi connectivity index (χ1n) is 9.34. The number of aromatic nitrogens is 2. The van der Waals surface area contributed by atoms with E-state index >= 15 is 0 Å². The van der Waals surface area contributed by atoms with Gasteiger partial charge in [-0.15, -0.1) is 10.2 Å². The molecule has 1 aliphatic heterocycles. The Morgan fingerprint density at radius 3 is 2.61 bits per heavy atom. The number of amides is 1. The highest BCUT2D eigenvalue weighted by atomic mass is 16.5. The number of rotatable bonds is 6. The lowest BCUT2D eigenvalue weighted by Crippen LogP contribution is -2.43. The van der Waals surface area contributed by atoms with Crippen molar-refractivity contribution in [2.75, 3.05) is 39.2 Å². The van der Waals surface area contributed by atoms with Crippen LogP contribution in [0.3, 0.4) is 0 Å². The molecular weight excluding hydrogens is 356 g/mol. The SMILES string of the molecule is COc1ccc(/C=C/C(=O)N2CCCC(Oc3ccc(N(C)C)nn3)C2)cc1. The van der Waals surface area contributed by atoms with E-state index in [1.165, 1.54) is 0 Å². The molecule has 7 heteroatoms. The first-order valence-corrected chi connectivity index (χ1v) is 9.34. The summed E-state index contributed by atoms with van der Waals surface area (Å²) in [5.41, 5.74) is 0.954. The van der Waals surface area contributed by atoms with E-state index in [2.05, 4.69) is 10.2 Å². The number of carbonyl (C=O) groups is 1. The van der Waals surface area contributed by atoms with E-state index in [0.717, 1.165) is 36.5 Å². The number of carbonyl (C=O) groups excluding carboxylic acids is 1. The van der Waals surface area contributed by atoms with E-state index in [-0.39, 0.29) is 12.0 Å². The molecule has 0 N–H and O–H groups in total. The summed E-state index contributed by atoms with van der Waals surface area (Å²) in [7, 11) is 5.45. The standard InChI is InChI=1S/C21H26N4O3/c1-24(2)19-11-12-20(23-22-19)28-18-5-4-14-25(15-18)21(26)13-8-16-6-9-17(27-3)10-7-16/h6-13,18H,4-5,14-15H2,1-3H3/b13-8+. The molecule has 28 heavy (non-hydrogen) atoms. The predicted octanol–water partition coefficient (Wildman–Crippen LogP) is 2.63. The summed E-state index contributed by atoms with van der Waals surface area (Å²) >= 11 is 0. The van der Waals surface area contributed by atoms with Crippen molar-refractivity contribution < 1.29 is 14.3 Å². The summed E-state index contributed by atoms with van der Waals surface area (Å²) in [6, 6.07) is 11.3. The molecule has 0 radical (unpaired) electrons. The molecule has 1 aromatic carbocycles. The molecule has 2 heterocycles. The van der Waals surface area contributed by atoms with Crippen LogP contribution >= 0.6 is 0 Å². The molecule has 1 amide bonds. The van der Waals surface area contributed by atoms with Gasteiger partial charge >= 0.3 is 0 Å². The fourth-order valence-electron chi connectivity index (χ4n) is 3.01. The summed E-state index contributed by atoms with van der Waals surface area (Å²) in [5, 5.41) is 8.24. The Hall–Kier alpha value is -3.09. The predicted molar refractivity (Wildman–Crippen MR) is 109 cm³/mol. The lowest BCUT2D eigenvalue weighted by atomic mass is 10.1. The Morgan fingerprint density at radius 2 is 1.96 bits per heavy atom. The minimum atomic E-state index is -0.0772. The second-order valence-corrected chi connectivity index (χ2v) is 6.90. The van der Waals surface area contributed by atoms with Crippen molar-refractivity contribution in [2.45, 2.75) is 18.9 Å². The van der Waals surface area contributed by atoms with E-state index in [0.29, 0.717) is 12.4 Å². The molecule has 2 aromatic rings. The van der Waals surface area contributed by atoms with Crippen molar-refractivity contribution in [2.24, 2.45) is 0 Å². The normalized spacial score (nSPS) is 16.8. The van der Waals surface area contributed by atoms with Gasteiger partial charge in [0.25, 0.3) is 0 Å². The zero-order chi connectivity index (χ0) is 19.9. The molecule has 1 unspecified atom stereocenters. The van der Waals surface area contributed by atoms with Crippen molar-refractivity contribution in [1.82, 2.24) is 15.1 Å². The summed E-state index contributed by atoms with van der Waals surface area (Å²) < 4.78 is 11.1. The van der Waals surface area contributed by atoms with E-state index in [1.54, 1.807) is 13.2 Å². The molecule has 148 valence electrons. The number of likely N-dealkylation sites (tertiary alicyclic amines) is 1. The molecule has 1 aliphatic rings. The zero-order valence-corrected chi connectivity index (χ0v) is 16.5. The number of piperidine rings is 1. The molecule has 0 saturated carbocycles. The van der Waals surface area contributed by atoms with Gasteiger partial charge in [-0.05, 0) is 42.7 Å². The van der Waals surface area contributed by atoms with Gasteiger partial charge in [-0.25, -0.2) is 0 Å². The minimum absolute atomic E-state index is 0.0156. The third kappa shape index (κ3) is 5.22. The quantitative estimate of drug-likeness (QED) is 0.716. The van der Waals surface area contributed by atoms with E-state index < -0.39 is 0 Å². The fourth-order valence-corrected chi connectivity index (χ4v) is 3.01. The molecule has 1 aromatic heterocycles. The van der Waals surface area contributed by atoms with Gasteiger partial charge < -0.3 is 19.3 Å². The topological polar surface area (TPSA) is 67.8 Å². The zero-order valence-electron chi connectivity index (χ0n) is 16.5. The Labute approximate surface area is 165 Å². The van der Waals surface area contributed by atoms with Crippen molar-refractivity contribution in [3.8, 4) is 11.6 Å². The molecule has 0 bridgehead atoms. The van der Waals surface area contributed by atoms with Crippen LogP contribution in [0.2, 0.25) is 0 Å². The van der Waals surface area contributed by atoms with Gasteiger partial charge in [-0.3, -0.25) is 4.79 Å². The molecule has 1 atom stereocenters. The van der Waals surface area contributed by atoms with E-state index in [9.17, 15) is 4.79 Å². The first-order chi connectivity index (χ1) is 13.5. The van der Waals surface area contributed by atoms with Crippen molar-refractivity contribution >= 4 is 17.8 Å². The molecule has 1 saturated heterocycles. The average molecular weight is 382 g/mol. The van der Waals surface area contributed by atoms with Gasteiger partial charge in [0.05, 0.1) is 13.7 Å². The van der Waals surface area contributed by atoms with Crippen LogP contribution in [-0.2, 0) is 4.79 Å². The van der Waals surface area contributed by atoms with Gasteiger partial charge in [0.2, 0.25) is 11.8 Å². The Morgan fingerprint density at radius 1 is 1.18 bits per heavy atom. The second-order valence-electron chi connectivity index (χ2n) is 6.90. The van der Waals surface area contributed by atoms with Crippen molar-refractivity contribution in [3.63, 3.8) is 0 Å². The molecule has 7 nitrogen and oxygen atoms in total. The largest absolute Gasteiger partial charge is 0.497 e. The van der Waals surface area contributed by atoms with E-state index in [4.69, 9.17) is 9.47 Å². The average Bonchev–Trinajstić information content (AvgIpc) is 2.73. The highest BCUT2D eigenvalue weighted by Crippen LogP contribution is 2.18. The highest BCUT2D eigenvalue weighted by Gasteiger charge is 2.24. The van der Waals surface area contributed by atoms with Crippen LogP contribution in [0.4, 0.5) is 5.82 Å². The van der Waals surface area contributed by atoms with Gasteiger partial charge in [-0.1, -0.05) is 12.1 Å². The van der Waals surface area contributed by atoms with E-state index in [1.807, 2.05) is 66.4 Å². The van der Waals surface area contributed by atoms with Crippen molar-refractivity contribution in [3.05, 3.63) is 48.0 Å². The number of anilines is 1. The van der Waals surface area contributed by atoms with Crippen LogP contribution in [0.5, 0.6) is 11.6 Å². The second kappa shape index (κ2) is 9.21. The molecule has 1 fully saturated rings. The Bertz CT molecular complexity index is 803. The number of ether oxygens (including phenoxy) is 2. The fraction of sp³-hybridized carbons (Fsp3) is 0.381. The van der Waals surface area contributed by atoms with Crippen molar-refractivity contribution in [1.29, 1.82) is 0 Å². The molecular formula is C21H26N4O3. The summed E-state index contributed by atoms with van der Waals surface area (Å²) in [6.07, 6.45) is 5.14. The monoisotopic (exact) mass is 382 g/mol. The highest BCUT2D eigenvalue weighted by molar-refractivity contribution is 5.91. The smallest absolute Gasteiger partial charge is 0.246 e. The number of nitrogens with zero attached hydrogens (tertiary/aromatic N) is 4. The number of benzene rings is 1. The third-order valence-corrected chi connectivity index (χ3v) is 4.60. The van der Waals surface area contributed by atoms with Gasteiger partial charge in [0.15, 0.2) is 5.82 Å². The molecule has 0 aliphatic carbocycles. The maximum Gasteiger partial charge on any atom is 0.246 e. The number of methoxy groups -OCH3 is 1. The van der Waals surface area contributed by atoms with Crippen LogP contribution in [0.25, 0.3) is 6.08 Å². The molecule has 0 spiro atoms. The van der Waals surface area contributed by atoms with Crippen LogP contribution in [-0.4, -0.2) is 61.4 Å². The lowest BCUT2D eigenvalue weighted by Gasteiger charge is -2.31. The Kier molecular flexibility index (Phi) is 6.47. The molecule has 3 rings (SSSR count). The lowest BCUT2D eigenvalue weighted by molar-refractivity contribution is -0.128.